The minimum atomic E-state index is -1.74. The molecule has 4 aliphatic heterocycles. The number of carbonyl (C=O) groups excluding carboxylic acids is 2. The van der Waals surface area contributed by atoms with Crippen LogP contribution in [0.15, 0.2) is 21.1 Å². The summed E-state index contributed by atoms with van der Waals surface area (Å²) < 4.78 is 2.28. The summed E-state index contributed by atoms with van der Waals surface area (Å²) in [5, 5.41) is 28.1. The first-order chi connectivity index (χ1) is 19.4. The molecule has 0 aromatic carbocycles. The van der Waals surface area contributed by atoms with Gasteiger partial charge in [-0.2, -0.15) is 0 Å². The smallest absolute Gasteiger partial charge is 0.353 e. The Bertz CT molecular complexity index is 1400. The molecule has 5 N–H and O–H groups in total. The molecule has 0 bridgehead atoms. The number of β-lactam (4-membered cyclic amide) rings is 1. The Balaban J connectivity index is 1.29. The van der Waals surface area contributed by atoms with Gasteiger partial charge < -0.3 is 26.1 Å². The minimum absolute atomic E-state index is 0.0471. The number of rotatable bonds is 9. The van der Waals surface area contributed by atoms with Gasteiger partial charge in [0.2, 0.25) is 5.60 Å². The van der Waals surface area contributed by atoms with Crippen LogP contribution in [-0.2, 0) is 24.0 Å². The molecule has 4 aliphatic rings. The van der Waals surface area contributed by atoms with Crippen molar-refractivity contribution < 1.29 is 38.8 Å². The number of fused-ring (bicyclic) bond motifs is 1. The van der Waals surface area contributed by atoms with E-state index in [1.165, 1.54) is 52.8 Å². The number of anilines is 1. The molecule has 0 saturated carbocycles. The zero-order valence-electron chi connectivity index (χ0n) is 22.2. The maximum absolute atomic E-state index is 13.2. The third kappa shape index (κ3) is 5.74. The number of amidine groups is 1. The largest absolute Gasteiger partial charge is 0.478 e. The highest BCUT2D eigenvalue weighted by atomic mass is 32.2. The van der Waals surface area contributed by atoms with Crippen molar-refractivity contribution in [2.24, 2.45) is 5.16 Å². The van der Waals surface area contributed by atoms with Crippen LogP contribution in [-0.4, -0.2) is 125 Å². The second-order valence-electron chi connectivity index (χ2n) is 10.1. The van der Waals surface area contributed by atoms with Crippen LogP contribution in [0, 0.1) is 0 Å². The van der Waals surface area contributed by atoms with Crippen molar-refractivity contribution in [3.63, 3.8) is 0 Å². The van der Waals surface area contributed by atoms with Crippen molar-refractivity contribution in [2.75, 3.05) is 43.9 Å². The first-order valence-corrected chi connectivity index (χ1v) is 16.2. The van der Waals surface area contributed by atoms with Crippen LogP contribution in [0.3, 0.4) is 0 Å². The van der Waals surface area contributed by atoms with E-state index in [0.29, 0.717) is 10.7 Å². The Morgan fingerprint density at radius 1 is 1.32 bits per heavy atom. The van der Waals surface area contributed by atoms with Crippen molar-refractivity contribution in [1.82, 2.24) is 20.1 Å². The number of nitrogen functional groups attached to an aromatic ring is 1. The van der Waals surface area contributed by atoms with Crippen LogP contribution in [0.5, 0.6) is 0 Å². The van der Waals surface area contributed by atoms with E-state index in [1.807, 2.05) is 11.8 Å². The third-order valence-corrected chi connectivity index (χ3v) is 11.3. The summed E-state index contributed by atoms with van der Waals surface area (Å²) in [7, 11) is 2.06. The maximum Gasteiger partial charge on any atom is 0.353 e. The van der Waals surface area contributed by atoms with Crippen LogP contribution in [0.2, 0.25) is 0 Å². The molecule has 3 saturated heterocycles. The molecule has 41 heavy (non-hydrogen) atoms. The maximum atomic E-state index is 13.2. The lowest BCUT2D eigenvalue weighted by molar-refractivity contribution is -0.580. The Labute approximate surface area is 251 Å². The number of nitrogens with two attached hydrogens (primary N) is 1. The predicted octanol–water partition coefficient (Wildman–Crippen LogP) is 0.168. The quantitative estimate of drug-likeness (QED) is 0.124. The summed E-state index contributed by atoms with van der Waals surface area (Å²) in [6.07, 6.45) is 0. The van der Waals surface area contributed by atoms with Crippen LogP contribution in [0.1, 0.15) is 19.5 Å². The van der Waals surface area contributed by atoms with E-state index >= 15 is 0 Å². The van der Waals surface area contributed by atoms with Gasteiger partial charge in [0.1, 0.15) is 35.9 Å². The van der Waals surface area contributed by atoms with Gasteiger partial charge in [-0.15, -0.1) is 34.9 Å². The Hall–Kier alpha value is -2.96. The first-order valence-electron chi connectivity index (χ1n) is 12.4. The number of amides is 2. The fourth-order valence-electron chi connectivity index (χ4n) is 4.37. The molecule has 220 valence electrons. The summed E-state index contributed by atoms with van der Waals surface area (Å²) in [4.78, 5) is 63.3. The molecule has 2 amide bonds. The van der Waals surface area contributed by atoms with E-state index in [4.69, 9.17) is 10.6 Å². The van der Waals surface area contributed by atoms with E-state index < -0.39 is 40.8 Å². The van der Waals surface area contributed by atoms with Gasteiger partial charge in [0.25, 0.3) is 11.8 Å². The molecule has 18 heteroatoms. The minimum Gasteiger partial charge on any atom is -0.478 e. The predicted molar refractivity (Wildman–Crippen MR) is 157 cm³/mol. The second-order valence-corrected chi connectivity index (χ2v) is 14.5. The van der Waals surface area contributed by atoms with Gasteiger partial charge in [-0.3, -0.25) is 24.0 Å². The Kier molecular flexibility index (Phi) is 8.19. The number of hydrogen-bond donors (Lipinski definition) is 4. The number of thioether (sulfide) groups is 3. The number of aliphatic carboxylic acids is 2. The first kappa shape index (κ1) is 29.5. The molecule has 2 atom stereocenters. The van der Waals surface area contributed by atoms with Crippen molar-refractivity contribution in [1.29, 1.82) is 0 Å². The molecule has 1 aromatic rings. The highest BCUT2D eigenvalue weighted by molar-refractivity contribution is 8.13. The molecule has 1 aromatic heterocycles. The second kappa shape index (κ2) is 11.4. The van der Waals surface area contributed by atoms with Gasteiger partial charge >= 0.3 is 17.1 Å². The van der Waals surface area contributed by atoms with E-state index in [2.05, 4.69) is 32.0 Å². The summed E-state index contributed by atoms with van der Waals surface area (Å²) in [5.74, 6) is -2.46. The summed E-state index contributed by atoms with van der Waals surface area (Å²) in [6, 6.07) is -1.02. The van der Waals surface area contributed by atoms with Gasteiger partial charge in [0, 0.05) is 21.8 Å². The van der Waals surface area contributed by atoms with Crippen molar-refractivity contribution in [3.05, 3.63) is 21.7 Å². The summed E-state index contributed by atoms with van der Waals surface area (Å²) in [5.41, 5.74) is 3.59. The average Bonchev–Trinajstić information content (AvgIpc) is 3.51. The number of nitrogens with one attached hydrogen (secondary N) is 1. The lowest BCUT2D eigenvalue weighted by atomic mass is 10.0. The lowest BCUT2D eigenvalue weighted by Crippen LogP contribution is -2.71. The van der Waals surface area contributed by atoms with Crippen LogP contribution >= 0.6 is 46.6 Å². The van der Waals surface area contributed by atoms with Crippen molar-refractivity contribution >= 4 is 86.4 Å². The molecule has 5 rings (SSSR count). The van der Waals surface area contributed by atoms with Crippen molar-refractivity contribution in [2.45, 2.75) is 36.1 Å². The molecule has 5 heterocycles. The van der Waals surface area contributed by atoms with E-state index in [-0.39, 0.29) is 27.5 Å². The van der Waals surface area contributed by atoms with E-state index in [0.717, 1.165) is 36.7 Å². The highest BCUT2D eigenvalue weighted by Crippen LogP contribution is 2.45. The summed E-state index contributed by atoms with van der Waals surface area (Å²) >= 11 is 5.72. The molecule has 3 fully saturated rings. The number of thiazole rings is 1. The number of carboxylic acids is 2. The van der Waals surface area contributed by atoms with Gasteiger partial charge in [-0.05, 0) is 25.6 Å². The van der Waals surface area contributed by atoms with Crippen LogP contribution in [0.25, 0.3) is 0 Å². The fraction of sp³-hybridized carbons (Fsp3) is 0.522. The molecular formula is C23H28N7O7S4+. The normalized spacial score (nSPS) is 24.6. The highest BCUT2D eigenvalue weighted by Gasteiger charge is 2.55. The van der Waals surface area contributed by atoms with Gasteiger partial charge in [0.15, 0.2) is 10.8 Å². The van der Waals surface area contributed by atoms with Crippen LogP contribution < -0.4 is 11.1 Å². The van der Waals surface area contributed by atoms with Gasteiger partial charge in [-0.1, -0.05) is 5.16 Å². The molecule has 0 unspecified atom stereocenters. The zero-order chi connectivity index (χ0) is 29.6. The standard InChI is InChI=1S/C23H27N7O7S4/c1-23(2,20(35)36)37-27-13(11-8-40-21(24)25-11)16(31)26-14-17(32)30-15(19(33)34)12(9-39-18(14)30)41-10-6-29(7-10)22-28(3)4-5-38-22/h8,10,14,18H,4-7,9H2,1-3H3,(H4-,24,25,26,31,33,34,35,36)/p+1/b27-13-/t14-,18-/m1/s1. The molecule has 0 aliphatic carbocycles. The molecule has 0 spiro atoms. The monoisotopic (exact) mass is 642 g/mol. The summed E-state index contributed by atoms with van der Waals surface area (Å²) in [6.45, 7) is 5.14. The van der Waals surface area contributed by atoms with Gasteiger partial charge in [-0.25, -0.2) is 14.6 Å². The Morgan fingerprint density at radius 2 is 2.05 bits per heavy atom. The van der Waals surface area contributed by atoms with Gasteiger partial charge in [0.05, 0.1) is 18.8 Å². The SMILES string of the molecule is CN1CCSC1=[N+]1CC(SC2=C(C(=O)O)N3C(=O)[C@@H](NC(=O)/C(=N\OC(C)(C)C(=O)O)c4csc(N)n4)[C@H]3SC2)C1. The molecular weight excluding hydrogens is 615 g/mol. The van der Waals surface area contributed by atoms with Crippen molar-refractivity contribution in [3.8, 4) is 0 Å². The average molecular weight is 643 g/mol. The third-order valence-electron chi connectivity index (χ3n) is 6.69. The number of carboxylic acid groups (broad SMARTS) is 2. The lowest BCUT2D eigenvalue weighted by Gasteiger charge is -2.49. The number of hydrogen-bond acceptors (Lipinski definition) is 12. The number of oxime groups is 1. The molecule has 0 radical (unpaired) electrons. The fourth-order valence-corrected chi connectivity index (χ4v) is 8.99. The zero-order valence-corrected chi connectivity index (χ0v) is 25.5. The number of aromatic nitrogens is 1. The topological polar surface area (TPSA) is 191 Å². The van der Waals surface area contributed by atoms with Crippen LogP contribution in [0.4, 0.5) is 5.13 Å². The number of nitrogens with zero attached hydrogens (tertiary/aromatic N) is 5. The van der Waals surface area contributed by atoms with E-state index in [9.17, 15) is 29.4 Å². The Morgan fingerprint density at radius 3 is 2.63 bits per heavy atom. The number of carbonyl (C=O) groups is 4. The van der Waals surface area contributed by atoms with E-state index in [1.54, 1.807) is 0 Å². The molecule has 14 nitrogen and oxygen atoms in total.